The maximum absolute atomic E-state index is 10.6. The van der Waals surface area contributed by atoms with Crippen LogP contribution in [0.3, 0.4) is 0 Å². The van der Waals surface area contributed by atoms with Crippen molar-refractivity contribution in [2.75, 3.05) is 23.7 Å². The summed E-state index contributed by atoms with van der Waals surface area (Å²) in [5.41, 5.74) is 2.15. The summed E-state index contributed by atoms with van der Waals surface area (Å²) < 4.78 is 0. The monoisotopic (exact) mass is 178 g/mol. The first-order valence-electron chi connectivity index (χ1n) is 4.12. The lowest BCUT2D eigenvalue weighted by Gasteiger charge is -2.19. The molecule has 2 rings (SSSR count). The second-order valence-electron chi connectivity index (χ2n) is 2.92. The van der Waals surface area contributed by atoms with E-state index in [2.05, 4.69) is 10.6 Å². The Bertz CT molecular complexity index is 349. The summed E-state index contributed by atoms with van der Waals surface area (Å²) in [4.78, 5) is 10.6. The highest BCUT2D eigenvalue weighted by Gasteiger charge is 2.10. The van der Waals surface area contributed by atoms with E-state index in [1.807, 2.05) is 0 Å². The van der Waals surface area contributed by atoms with Crippen molar-refractivity contribution in [1.82, 2.24) is 0 Å². The van der Waals surface area contributed by atoms with Gasteiger partial charge in [0.2, 0.25) is 0 Å². The van der Waals surface area contributed by atoms with E-state index in [4.69, 9.17) is 5.11 Å². The van der Waals surface area contributed by atoms with Crippen molar-refractivity contribution in [2.45, 2.75) is 0 Å². The number of fused-ring (bicyclic) bond motifs is 1. The van der Waals surface area contributed by atoms with Crippen molar-refractivity contribution in [3.63, 3.8) is 0 Å². The van der Waals surface area contributed by atoms with Gasteiger partial charge in [0, 0.05) is 13.1 Å². The minimum atomic E-state index is -0.893. The van der Waals surface area contributed by atoms with E-state index in [9.17, 15) is 4.79 Å². The third-order valence-electron chi connectivity index (χ3n) is 2.02. The molecule has 1 aliphatic rings. The summed E-state index contributed by atoms with van der Waals surface area (Å²) in [6.07, 6.45) is 0. The molecule has 0 saturated carbocycles. The maximum atomic E-state index is 10.6. The first kappa shape index (κ1) is 7.91. The van der Waals surface area contributed by atoms with Crippen LogP contribution in [-0.2, 0) is 0 Å². The van der Waals surface area contributed by atoms with Crippen LogP contribution in [0.15, 0.2) is 18.2 Å². The van der Waals surface area contributed by atoms with Crippen LogP contribution in [0.1, 0.15) is 10.4 Å². The molecular formula is C9H10N2O2. The summed E-state index contributed by atoms with van der Waals surface area (Å²) in [6.45, 7) is 1.70. The molecule has 1 aromatic carbocycles. The lowest BCUT2D eigenvalue weighted by Crippen LogP contribution is -2.20. The number of hydrogen-bond donors (Lipinski definition) is 3. The molecule has 0 aliphatic carbocycles. The Labute approximate surface area is 75.6 Å². The average Bonchev–Trinajstić information content (AvgIpc) is 2.17. The molecule has 0 spiro atoms. The molecule has 0 atom stereocenters. The van der Waals surface area contributed by atoms with E-state index >= 15 is 0 Å². The van der Waals surface area contributed by atoms with Gasteiger partial charge in [0.1, 0.15) is 0 Å². The van der Waals surface area contributed by atoms with Crippen LogP contribution in [0.25, 0.3) is 0 Å². The second-order valence-corrected chi connectivity index (χ2v) is 2.92. The Kier molecular flexibility index (Phi) is 1.81. The van der Waals surface area contributed by atoms with Crippen molar-refractivity contribution in [2.24, 2.45) is 0 Å². The van der Waals surface area contributed by atoms with E-state index in [1.54, 1.807) is 18.2 Å². The van der Waals surface area contributed by atoms with Gasteiger partial charge in [0.25, 0.3) is 0 Å². The molecular weight excluding hydrogens is 168 g/mol. The predicted molar refractivity (Wildman–Crippen MR) is 50.4 cm³/mol. The zero-order chi connectivity index (χ0) is 9.26. The highest BCUT2D eigenvalue weighted by Crippen LogP contribution is 2.25. The van der Waals surface area contributed by atoms with E-state index < -0.39 is 5.97 Å². The number of anilines is 2. The number of nitrogens with one attached hydrogen (secondary N) is 2. The van der Waals surface area contributed by atoms with Gasteiger partial charge >= 0.3 is 5.97 Å². The zero-order valence-corrected chi connectivity index (χ0v) is 7.00. The molecule has 1 aromatic rings. The van der Waals surface area contributed by atoms with Crippen molar-refractivity contribution in [1.29, 1.82) is 0 Å². The summed E-state index contributed by atoms with van der Waals surface area (Å²) in [7, 11) is 0. The molecule has 0 unspecified atom stereocenters. The smallest absolute Gasteiger partial charge is 0.335 e. The third-order valence-corrected chi connectivity index (χ3v) is 2.02. The molecule has 4 heteroatoms. The Balaban J connectivity index is 2.40. The largest absolute Gasteiger partial charge is 0.478 e. The van der Waals surface area contributed by atoms with Crippen LogP contribution >= 0.6 is 0 Å². The number of aromatic carboxylic acids is 1. The molecule has 13 heavy (non-hydrogen) atoms. The van der Waals surface area contributed by atoms with Gasteiger partial charge < -0.3 is 15.7 Å². The SMILES string of the molecule is O=C(O)c1ccc2c(c1)NCCN2. The molecule has 0 bridgehead atoms. The lowest BCUT2D eigenvalue weighted by molar-refractivity contribution is 0.0697. The van der Waals surface area contributed by atoms with Crippen LogP contribution in [0.2, 0.25) is 0 Å². The number of carbonyl (C=O) groups is 1. The van der Waals surface area contributed by atoms with Gasteiger partial charge in [-0.25, -0.2) is 4.79 Å². The minimum Gasteiger partial charge on any atom is -0.478 e. The fourth-order valence-corrected chi connectivity index (χ4v) is 1.37. The fraction of sp³-hybridized carbons (Fsp3) is 0.222. The van der Waals surface area contributed by atoms with E-state index in [1.165, 1.54) is 0 Å². The van der Waals surface area contributed by atoms with Crippen LogP contribution in [0.5, 0.6) is 0 Å². The van der Waals surface area contributed by atoms with Crippen molar-refractivity contribution < 1.29 is 9.90 Å². The number of benzene rings is 1. The molecule has 0 amide bonds. The van der Waals surface area contributed by atoms with E-state index in [0.717, 1.165) is 24.5 Å². The molecule has 0 aromatic heterocycles. The number of carboxylic acids is 1. The fourth-order valence-electron chi connectivity index (χ4n) is 1.37. The molecule has 1 aliphatic heterocycles. The highest BCUT2D eigenvalue weighted by atomic mass is 16.4. The Morgan fingerprint density at radius 3 is 2.62 bits per heavy atom. The molecule has 1 heterocycles. The Hall–Kier alpha value is -1.71. The van der Waals surface area contributed by atoms with Crippen LogP contribution < -0.4 is 10.6 Å². The zero-order valence-electron chi connectivity index (χ0n) is 7.00. The maximum Gasteiger partial charge on any atom is 0.335 e. The number of carboxylic acid groups (broad SMARTS) is 1. The van der Waals surface area contributed by atoms with Gasteiger partial charge in [-0.3, -0.25) is 0 Å². The van der Waals surface area contributed by atoms with Gasteiger partial charge in [0.15, 0.2) is 0 Å². The number of rotatable bonds is 1. The van der Waals surface area contributed by atoms with Crippen LogP contribution in [0, 0.1) is 0 Å². The molecule has 0 saturated heterocycles. The average molecular weight is 178 g/mol. The van der Waals surface area contributed by atoms with Gasteiger partial charge in [-0.2, -0.15) is 0 Å². The van der Waals surface area contributed by atoms with Gasteiger partial charge in [-0.05, 0) is 18.2 Å². The summed E-state index contributed by atoms with van der Waals surface area (Å²) >= 11 is 0. The number of hydrogen-bond acceptors (Lipinski definition) is 3. The molecule has 4 nitrogen and oxygen atoms in total. The minimum absolute atomic E-state index is 0.315. The normalized spacial score (nSPS) is 13.8. The van der Waals surface area contributed by atoms with Crippen molar-refractivity contribution in [3.05, 3.63) is 23.8 Å². The van der Waals surface area contributed by atoms with Gasteiger partial charge in [-0.15, -0.1) is 0 Å². The Morgan fingerprint density at radius 2 is 1.92 bits per heavy atom. The van der Waals surface area contributed by atoms with Gasteiger partial charge in [-0.1, -0.05) is 0 Å². The lowest BCUT2D eigenvalue weighted by atomic mass is 10.1. The standard InChI is InChI=1S/C9H10N2O2/c12-9(13)6-1-2-7-8(5-6)11-4-3-10-7/h1-2,5,10-11H,3-4H2,(H,12,13). The van der Waals surface area contributed by atoms with E-state index in [0.29, 0.717) is 5.56 Å². The van der Waals surface area contributed by atoms with E-state index in [-0.39, 0.29) is 0 Å². The summed E-state index contributed by atoms with van der Waals surface area (Å²) in [5.74, 6) is -0.893. The molecule has 68 valence electrons. The summed E-state index contributed by atoms with van der Waals surface area (Å²) in [5, 5.41) is 15.0. The van der Waals surface area contributed by atoms with Crippen molar-refractivity contribution in [3.8, 4) is 0 Å². The quantitative estimate of drug-likeness (QED) is 0.605. The molecule has 3 N–H and O–H groups in total. The second kappa shape index (κ2) is 2.97. The van der Waals surface area contributed by atoms with Gasteiger partial charge in [0.05, 0.1) is 16.9 Å². The molecule has 0 radical (unpaired) electrons. The highest BCUT2D eigenvalue weighted by molar-refractivity contribution is 5.91. The van der Waals surface area contributed by atoms with Crippen molar-refractivity contribution >= 4 is 17.3 Å². The topological polar surface area (TPSA) is 61.4 Å². The first-order valence-corrected chi connectivity index (χ1v) is 4.12. The van der Waals surface area contributed by atoms with Crippen LogP contribution in [0.4, 0.5) is 11.4 Å². The van der Waals surface area contributed by atoms with Crippen LogP contribution in [-0.4, -0.2) is 24.2 Å². The summed E-state index contributed by atoms with van der Waals surface area (Å²) in [6, 6.07) is 5.02. The predicted octanol–water partition coefficient (Wildman–Crippen LogP) is 1.22. The Morgan fingerprint density at radius 1 is 1.23 bits per heavy atom. The molecule has 0 fully saturated rings. The third kappa shape index (κ3) is 1.42. The first-order chi connectivity index (χ1) is 6.27.